The van der Waals surface area contributed by atoms with Gasteiger partial charge in [0.2, 0.25) is 5.91 Å². The van der Waals surface area contributed by atoms with Crippen LogP contribution in [0.25, 0.3) is 0 Å². The van der Waals surface area contributed by atoms with Gasteiger partial charge in [0.1, 0.15) is 6.04 Å². The van der Waals surface area contributed by atoms with Gasteiger partial charge in [-0.1, -0.05) is 13.0 Å². The normalized spacial score (nSPS) is 12.2. The zero-order valence-corrected chi connectivity index (χ0v) is 13.0. The topological polar surface area (TPSA) is 72.9 Å². The van der Waals surface area contributed by atoms with Gasteiger partial charge >= 0.3 is 0 Å². The number of benzene rings is 1. The van der Waals surface area contributed by atoms with Gasteiger partial charge in [0.25, 0.3) is 0 Å². The smallest absolute Gasteiger partial charge is 0.248 e. The third kappa shape index (κ3) is 3.07. The van der Waals surface area contributed by atoms with Gasteiger partial charge in [-0.15, -0.1) is 0 Å². The zero-order valence-electron chi connectivity index (χ0n) is 13.0. The minimum Gasteiger partial charge on any atom is -0.399 e. The third-order valence-electron chi connectivity index (χ3n) is 3.73. The first kappa shape index (κ1) is 15.1. The van der Waals surface area contributed by atoms with E-state index in [9.17, 15) is 4.79 Å². The molecule has 0 radical (unpaired) electrons. The second-order valence-corrected chi connectivity index (χ2v) is 5.24. The van der Waals surface area contributed by atoms with Gasteiger partial charge in [-0.05, 0) is 51.0 Å². The van der Waals surface area contributed by atoms with Crippen molar-refractivity contribution in [3.8, 4) is 0 Å². The van der Waals surface area contributed by atoms with Crippen LogP contribution in [0.1, 0.15) is 36.8 Å². The minimum absolute atomic E-state index is 0.103. The number of hydrogen-bond acceptors (Lipinski definition) is 3. The first-order chi connectivity index (χ1) is 9.93. The molecule has 5 heteroatoms. The number of anilines is 2. The fourth-order valence-electron chi connectivity index (χ4n) is 2.56. The summed E-state index contributed by atoms with van der Waals surface area (Å²) in [4.78, 5) is 12.4. The van der Waals surface area contributed by atoms with Crippen molar-refractivity contribution in [1.29, 1.82) is 0 Å². The Labute approximate surface area is 125 Å². The average Bonchev–Trinajstić information content (AvgIpc) is 2.72. The number of nitrogen functional groups attached to an aromatic ring is 1. The van der Waals surface area contributed by atoms with Crippen LogP contribution in [0.15, 0.2) is 24.3 Å². The van der Waals surface area contributed by atoms with Crippen LogP contribution >= 0.6 is 0 Å². The average molecular weight is 286 g/mol. The van der Waals surface area contributed by atoms with Crippen molar-refractivity contribution >= 4 is 17.3 Å². The van der Waals surface area contributed by atoms with Gasteiger partial charge in [-0.25, -0.2) is 0 Å². The lowest BCUT2D eigenvalue weighted by Gasteiger charge is -2.15. The van der Waals surface area contributed by atoms with Crippen LogP contribution in [-0.2, 0) is 11.2 Å². The Morgan fingerprint density at radius 2 is 2.14 bits per heavy atom. The first-order valence-corrected chi connectivity index (χ1v) is 7.15. The summed E-state index contributed by atoms with van der Waals surface area (Å²) in [5.74, 6) is -0.103. The van der Waals surface area contributed by atoms with Crippen molar-refractivity contribution in [1.82, 2.24) is 9.78 Å². The fraction of sp³-hybridized carbons (Fsp3) is 0.375. The SMILES string of the molecule is CCc1c(C)nn(C(C)C(=O)Nc2cccc(N)c2)c1C. The summed E-state index contributed by atoms with van der Waals surface area (Å²) in [6.45, 7) is 7.92. The van der Waals surface area contributed by atoms with Crippen molar-refractivity contribution in [2.24, 2.45) is 0 Å². The summed E-state index contributed by atoms with van der Waals surface area (Å²) < 4.78 is 1.79. The molecule has 2 aromatic rings. The van der Waals surface area contributed by atoms with Gasteiger partial charge in [0.15, 0.2) is 0 Å². The molecule has 0 aliphatic carbocycles. The first-order valence-electron chi connectivity index (χ1n) is 7.15. The van der Waals surface area contributed by atoms with E-state index in [-0.39, 0.29) is 11.9 Å². The summed E-state index contributed by atoms with van der Waals surface area (Å²) in [7, 11) is 0. The molecule has 1 aromatic carbocycles. The Morgan fingerprint density at radius 1 is 1.43 bits per heavy atom. The highest BCUT2D eigenvalue weighted by Crippen LogP contribution is 2.20. The maximum absolute atomic E-state index is 12.4. The maximum atomic E-state index is 12.4. The highest BCUT2D eigenvalue weighted by Gasteiger charge is 2.20. The molecular formula is C16H22N4O. The van der Waals surface area contributed by atoms with Crippen LogP contribution in [0.4, 0.5) is 11.4 Å². The van der Waals surface area contributed by atoms with Gasteiger partial charge in [-0.2, -0.15) is 5.10 Å². The molecule has 1 amide bonds. The minimum atomic E-state index is -0.370. The second kappa shape index (κ2) is 5.99. The standard InChI is InChI=1S/C16H22N4O/c1-5-15-10(2)19-20(11(15)3)12(4)16(21)18-14-8-6-7-13(17)9-14/h6-9,12H,5,17H2,1-4H3,(H,18,21). The van der Waals surface area contributed by atoms with Crippen LogP contribution in [0.5, 0.6) is 0 Å². The molecule has 1 aromatic heterocycles. The largest absolute Gasteiger partial charge is 0.399 e. The zero-order chi connectivity index (χ0) is 15.6. The monoisotopic (exact) mass is 286 g/mol. The number of amides is 1. The van der Waals surface area contributed by atoms with E-state index in [1.165, 1.54) is 5.56 Å². The molecule has 0 aliphatic heterocycles. The maximum Gasteiger partial charge on any atom is 0.248 e. The van der Waals surface area contributed by atoms with Crippen LogP contribution in [0.2, 0.25) is 0 Å². The molecule has 21 heavy (non-hydrogen) atoms. The van der Waals surface area contributed by atoms with E-state index in [0.29, 0.717) is 11.4 Å². The van der Waals surface area contributed by atoms with Gasteiger partial charge in [-0.3, -0.25) is 9.48 Å². The fourth-order valence-corrected chi connectivity index (χ4v) is 2.56. The summed E-state index contributed by atoms with van der Waals surface area (Å²) in [5.41, 5.74) is 10.3. The number of carbonyl (C=O) groups excluding carboxylic acids is 1. The molecule has 0 aliphatic rings. The number of aryl methyl sites for hydroxylation is 1. The Hall–Kier alpha value is -2.30. The van der Waals surface area contributed by atoms with E-state index in [4.69, 9.17) is 5.73 Å². The number of nitrogens with two attached hydrogens (primary N) is 1. The van der Waals surface area contributed by atoms with Crippen molar-refractivity contribution in [3.05, 3.63) is 41.2 Å². The van der Waals surface area contributed by atoms with E-state index in [1.54, 1.807) is 16.8 Å². The summed E-state index contributed by atoms with van der Waals surface area (Å²) >= 11 is 0. The Kier molecular flexibility index (Phi) is 4.31. The number of nitrogens with zero attached hydrogens (tertiary/aromatic N) is 2. The molecule has 1 heterocycles. The predicted molar refractivity (Wildman–Crippen MR) is 85.3 cm³/mol. The second-order valence-electron chi connectivity index (χ2n) is 5.24. The lowest BCUT2D eigenvalue weighted by molar-refractivity contribution is -0.119. The summed E-state index contributed by atoms with van der Waals surface area (Å²) in [5, 5.41) is 7.37. The number of hydrogen-bond donors (Lipinski definition) is 2. The lowest BCUT2D eigenvalue weighted by atomic mass is 10.1. The predicted octanol–water partition coefficient (Wildman–Crippen LogP) is 2.84. The molecule has 112 valence electrons. The number of rotatable bonds is 4. The van der Waals surface area contributed by atoms with Crippen molar-refractivity contribution in [3.63, 3.8) is 0 Å². The van der Waals surface area contributed by atoms with Crippen LogP contribution in [0.3, 0.4) is 0 Å². The molecule has 0 bridgehead atoms. The highest BCUT2D eigenvalue weighted by atomic mass is 16.2. The van der Waals surface area contributed by atoms with E-state index in [0.717, 1.165) is 17.8 Å². The third-order valence-corrected chi connectivity index (χ3v) is 3.73. The van der Waals surface area contributed by atoms with Gasteiger partial charge in [0.05, 0.1) is 5.69 Å². The molecule has 0 fully saturated rings. The van der Waals surface area contributed by atoms with Crippen molar-refractivity contribution in [2.45, 2.75) is 40.2 Å². The lowest BCUT2D eigenvalue weighted by Crippen LogP contribution is -2.25. The quantitative estimate of drug-likeness (QED) is 0.849. The number of nitrogens with one attached hydrogen (secondary N) is 1. The Morgan fingerprint density at radius 3 is 2.71 bits per heavy atom. The molecular weight excluding hydrogens is 264 g/mol. The van der Waals surface area contributed by atoms with Crippen LogP contribution in [0, 0.1) is 13.8 Å². The molecule has 0 spiro atoms. The molecule has 3 N–H and O–H groups in total. The van der Waals surface area contributed by atoms with Gasteiger partial charge < -0.3 is 11.1 Å². The molecule has 0 saturated heterocycles. The van der Waals surface area contributed by atoms with E-state index in [2.05, 4.69) is 17.3 Å². The molecule has 1 unspecified atom stereocenters. The van der Waals surface area contributed by atoms with Crippen molar-refractivity contribution < 1.29 is 4.79 Å². The highest BCUT2D eigenvalue weighted by molar-refractivity contribution is 5.93. The molecule has 1 atom stereocenters. The van der Waals surface area contributed by atoms with Crippen molar-refractivity contribution in [2.75, 3.05) is 11.1 Å². The Balaban J connectivity index is 2.20. The van der Waals surface area contributed by atoms with E-state index < -0.39 is 0 Å². The Bertz CT molecular complexity index is 660. The molecule has 5 nitrogen and oxygen atoms in total. The van der Waals surface area contributed by atoms with E-state index >= 15 is 0 Å². The summed E-state index contributed by atoms with van der Waals surface area (Å²) in [6.07, 6.45) is 0.918. The molecule has 0 saturated carbocycles. The molecule has 2 rings (SSSR count). The number of aromatic nitrogens is 2. The van der Waals surface area contributed by atoms with Crippen LogP contribution in [-0.4, -0.2) is 15.7 Å². The van der Waals surface area contributed by atoms with Gasteiger partial charge in [0, 0.05) is 17.1 Å². The summed E-state index contributed by atoms with van der Waals surface area (Å²) in [6, 6.07) is 6.79. The van der Waals surface area contributed by atoms with E-state index in [1.807, 2.05) is 32.9 Å². The van der Waals surface area contributed by atoms with Crippen LogP contribution < -0.4 is 11.1 Å². The number of carbonyl (C=O) groups is 1.